The lowest BCUT2D eigenvalue weighted by Crippen LogP contribution is -2.12. The van der Waals surface area contributed by atoms with Gasteiger partial charge in [0.15, 0.2) is 0 Å². The van der Waals surface area contributed by atoms with Crippen molar-refractivity contribution in [2.45, 2.75) is 6.54 Å². The number of thiophene rings is 1. The molecule has 0 amide bonds. The molecule has 0 fully saturated rings. The molecule has 0 atom stereocenters. The van der Waals surface area contributed by atoms with Crippen LogP contribution in [0, 0.1) is 0 Å². The van der Waals surface area contributed by atoms with E-state index in [-0.39, 0.29) is 0 Å². The van der Waals surface area contributed by atoms with Crippen molar-refractivity contribution in [1.29, 1.82) is 0 Å². The molecule has 17 heavy (non-hydrogen) atoms. The molecular formula is C11H14BrN3OS. The van der Waals surface area contributed by atoms with Crippen molar-refractivity contribution >= 4 is 33.2 Å². The van der Waals surface area contributed by atoms with E-state index in [0.29, 0.717) is 6.61 Å². The molecule has 2 rings (SSSR count). The summed E-state index contributed by atoms with van der Waals surface area (Å²) in [6.07, 6.45) is 3.78. The van der Waals surface area contributed by atoms with Crippen LogP contribution in [0.2, 0.25) is 0 Å². The molecule has 1 N–H and O–H groups in total. The van der Waals surface area contributed by atoms with E-state index in [9.17, 15) is 0 Å². The zero-order valence-electron chi connectivity index (χ0n) is 9.52. The molecule has 0 aliphatic rings. The van der Waals surface area contributed by atoms with Crippen LogP contribution >= 0.6 is 27.3 Å². The van der Waals surface area contributed by atoms with Gasteiger partial charge in [-0.05, 0) is 27.4 Å². The number of hydrogen-bond donors (Lipinski definition) is 1. The normalized spacial score (nSPS) is 10.7. The molecule has 0 radical (unpaired) electrons. The zero-order chi connectivity index (χ0) is 12.1. The molecule has 6 heteroatoms. The Morgan fingerprint density at radius 3 is 3.18 bits per heavy atom. The smallest absolute Gasteiger partial charge is 0.203 e. The fourth-order valence-electron chi connectivity index (χ4n) is 1.46. The average molecular weight is 316 g/mol. The van der Waals surface area contributed by atoms with E-state index in [4.69, 9.17) is 4.74 Å². The van der Waals surface area contributed by atoms with Gasteiger partial charge in [-0.25, -0.2) is 4.98 Å². The van der Waals surface area contributed by atoms with E-state index in [1.54, 1.807) is 24.6 Å². The van der Waals surface area contributed by atoms with Crippen molar-refractivity contribution in [1.82, 2.24) is 9.55 Å². The van der Waals surface area contributed by atoms with E-state index in [2.05, 4.69) is 42.2 Å². The van der Waals surface area contributed by atoms with Crippen molar-refractivity contribution in [3.8, 4) is 0 Å². The van der Waals surface area contributed by atoms with Crippen molar-refractivity contribution in [2.24, 2.45) is 0 Å². The average Bonchev–Trinajstić information content (AvgIpc) is 2.91. The minimum Gasteiger partial charge on any atom is -0.383 e. The first-order chi connectivity index (χ1) is 8.31. The molecule has 2 aromatic heterocycles. The first-order valence-corrected chi connectivity index (χ1v) is 6.94. The van der Waals surface area contributed by atoms with E-state index >= 15 is 0 Å². The number of aromatic nitrogens is 2. The highest BCUT2D eigenvalue weighted by Crippen LogP contribution is 2.24. The molecule has 0 saturated heterocycles. The Labute approximate surface area is 113 Å². The molecule has 4 nitrogen and oxygen atoms in total. The standard InChI is InChI=1S/C11H14BrN3OS/c1-16-6-4-14-11-13-3-5-15(11)8-10-9(12)2-7-17-10/h2-3,5,7H,4,6,8H2,1H3,(H,13,14). The maximum atomic E-state index is 5.00. The maximum absolute atomic E-state index is 5.00. The van der Waals surface area contributed by atoms with Crippen molar-refractivity contribution in [3.05, 3.63) is 33.2 Å². The van der Waals surface area contributed by atoms with Gasteiger partial charge < -0.3 is 14.6 Å². The van der Waals surface area contributed by atoms with E-state index in [0.717, 1.165) is 23.5 Å². The highest BCUT2D eigenvalue weighted by molar-refractivity contribution is 9.10. The van der Waals surface area contributed by atoms with Crippen LogP contribution in [0.4, 0.5) is 5.95 Å². The van der Waals surface area contributed by atoms with Gasteiger partial charge in [0.05, 0.1) is 13.2 Å². The molecule has 0 spiro atoms. The van der Waals surface area contributed by atoms with Crippen LogP contribution in [0.5, 0.6) is 0 Å². The van der Waals surface area contributed by atoms with Crippen LogP contribution in [-0.2, 0) is 11.3 Å². The minimum absolute atomic E-state index is 0.676. The molecule has 0 aliphatic heterocycles. The van der Waals surface area contributed by atoms with Crippen LogP contribution in [0.15, 0.2) is 28.3 Å². The molecule has 2 aromatic rings. The molecule has 0 unspecified atom stereocenters. The van der Waals surface area contributed by atoms with Crippen LogP contribution in [0.3, 0.4) is 0 Å². The molecule has 0 bridgehead atoms. The lowest BCUT2D eigenvalue weighted by atomic mass is 10.4. The molecule has 0 aromatic carbocycles. The summed E-state index contributed by atoms with van der Waals surface area (Å²) in [6, 6.07) is 2.06. The van der Waals surface area contributed by atoms with Gasteiger partial charge in [-0.1, -0.05) is 0 Å². The fourth-order valence-corrected chi connectivity index (χ4v) is 2.94. The van der Waals surface area contributed by atoms with Gasteiger partial charge in [0.1, 0.15) is 0 Å². The Balaban J connectivity index is 2.01. The van der Waals surface area contributed by atoms with Crippen molar-refractivity contribution < 1.29 is 4.74 Å². The van der Waals surface area contributed by atoms with Crippen LogP contribution < -0.4 is 5.32 Å². The molecule has 2 heterocycles. The predicted molar refractivity (Wildman–Crippen MR) is 73.7 cm³/mol. The van der Waals surface area contributed by atoms with Crippen molar-refractivity contribution in [3.63, 3.8) is 0 Å². The quantitative estimate of drug-likeness (QED) is 0.833. The highest BCUT2D eigenvalue weighted by atomic mass is 79.9. The number of nitrogens with zero attached hydrogens (tertiary/aromatic N) is 2. The van der Waals surface area contributed by atoms with E-state index in [1.807, 2.05) is 6.20 Å². The third kappa shape index (κ3) is 3.31. The third-order valence-electron chi connectivity index (χ3n) is 2.31. The first kappa shape index (κ1) is 12.6. The Bertz CT molecular complexity index is 469. The number of imidazole rings is 1. The van der Waals surface area contributed by atoms with E-state index in [1.165, 1.54) is 4.88 Å². The monoisotopic (exact) mass is 315 g/mol. The predicted octanol–water partition coefficient (Wildman–Crippen LogP) is 2.81. The van der Waals surface area contributed by atoms with Gasteiger partial charge in [0, 0.05) is 35.4 Å². The number of nitrogens with one attached hydrogen (secondary N) is 1. The Hall–Kier alpha value is -0.850. The van der Waals surface area contributed by atoms with Gasteiger partial charge in [-0.15, -0.1) is 11.3 Å². The largest absolute Gasteiger partial charge is 0.383 e. The SMILES string of the molecule is COCCNc1nccn1Cc1sccc1Br. The first-order valence-electron chi connectivity index (χ1n) is 5.27. The molecular weight excluding hydrogens is 302 g/mol. The summed E-state index contributed by atoms with van der Waals surface area (Å²) in [7, 11) is 1.69. The number of rotatable bonds is 6. The van der Waals surface area contributed by atoms with Gasteiger partial charge >= 0.3 is 0 Å². The Morgan fingerprint density at radius 2 is 2.47 bits per heavy atom. The van der Waals surface area contributed by atoms with Gasteiger partial charge in [-0.3, -0.25) is 0 Å². The summed E-state index contributed by atoms with van der Waals surface area (Å²) in [5.41, 5.74) is 0. The summed E-state index contributed by atoms with van der Waals surface area (Å²) in [5, 5.41) is 5.32. The van der Waals surface area contributed by atoms with E-state index < -0.39 is 0 Å². The summed E-state index contributed by atoms with van der Waals surface area (Å²) in [5.74, 6) is 0.877. The number of methoxy groups -OCH3 is 1. The number of halogens is 1. The second-order valence-corrected chi connectivity index (χ2v) is 5.35. The Morgan fingerprint density at radius 1 is 1.59 bits per heavy atom. The fraction of sp³-hybridized carbons (Fsp3) is 0.364. The molecule has 92 valence electrons. The number of hydrogen-bond acceptors (Lipinski definition) is 4. The highest BCUT2D eigenvalue weighted by Gasteiger charge is 2.06. The van der Waals surface area contributed by atoms with Gasteiger partial charge in [0.2, 0.25) is 5.95 Å². The zero-order valence-corrected chi connectivity index (χ0v) is 11.9. The molecule has 0 saturated carbocycles. The minimum atomic E-state index is 0.676. The Kier molecular flexibility index (Phi) is 4.58. The summed E-state index contributed by atoms with van der Waals surface area (Å²) < 4.78 is 8.24. The van der Waals surface area contributed by atoms with Crippen LogP contribution in [0.25, 0.3) is 0 Å². The molecule has 0 aliphatic carbocycles. The van der Waals surface area contributed by atoms with Crippen LogP contribution in [-0.4, -0.2) is 29.8 Å². The summed E-state index contributed by atoms with van der Waals surface area (Å²) in [6.45, 7) is 2.27. The topological polar surface area (TPSA) is 39.1 Å². The summed E-state index contributed by atoms with van der Waals surface area (Å²) in [4.78, 5) is 5.57. The third-order valence-corrected chi connectivity index (χ3v) is 4.22. The lowest BCUT2D eigenvalue weighted by molar-refractivity contribution is 0.210. The van der Waals surface area contributed by atoms with Gasteiger partial charge in [-0.2, -0.15) is 0 Å². The lowest BCUT2D eigenvalue weighted by Gasteiger charge is -2.08. The second kappa shape index (κ2) is 6.18. The maximum Gasteiger partial charge on any atom is 0.203 e. The number of ether oxygens (including phenoxy) is 1. The van der Waals surface area contributed by atoms with Crippen molar-refractivity contribution in [2.75, 3.05) is 25.6 Å². The van der Waals surface area contributed by atoms with Gasteiger partial charge in [0.25, 0.3) is 0 Å². The summed E-state index contributed by atoms with van der Waals surface area (Å²) >= 11 is 5.27. The van der Waals surface area contributed by atoms with Crippen LogP contribution in [0.1, 0.15) is 4.88 Å². The second-order valence-electron chi connectivity index (χ2n) is 3.49. The number of anilines is 1.